The van der Waals surface area contributed by atoms with Crippen LogP contribution in [0.25, 0.3) is 0 Å². The molecule has 186 valence electrons. The smallest absolute Gasteiger partial charge is 0.350 e. The predicted octanol–water partition coefficient (Wildman–Crippen LogP) is 8.15. The summed E-state index contributed by atoms with van der Waals surface area (Å²) in [7, 11) is 1.43. The van der Waals surface area contributed by atoms with Crippen molar-refractivity contribution in [2.24, 2.45) is 5.92 Å². The van der Waals surface area contributed by atoms with Crippen LogP contribution in [0.4, 0.5) is 5.69 Å². The monoisotopic (exact) mass is 475 g/mol. The average molecular weight is 476 g/mol. The summed E-state index contributed by atoms with van der Waals surface area (Å²) >= 11 is 1.43. The molecule has 0 bridgehead atoms. The molecule has 5 heteroatoms. The van der Waals surface area contributed by atoms with Crippen molar-refractivity contribution in [1.29, 1.82) is 0 Å². The van der Waals surface area contributed by atoms with Crippen LogP contribution in [0.2, 0.25) is 0 Å². The van der Waals surface area contributed by atoms with Crippen molar-refractivity contribution in [3.63, 3.8) is 0 Å². The van der Waals surface area contributed by atoms with E-state index in [1.165, 1.54) is 50.6 Å². The lowest BCUT2D eigenvalue weighted by atomic mass is 9.81. The standard InChI is InChI=1S/C21H31NO3S.C7H14/c1-5-8-14-22(18-11-16-26-19(18)20(23)24-4)17-9-12-21(7-3,13-10-17)25-15-6-2;1-7-5-3-2-4-6-7/h7-8,11,14,16-17H,3,5-6,9-10,12-13,15H2,1-2,4H3;7H,2-6H2,1H3/b14-8-;. The van der Waals surface area contributed by atoms with E-state index < -0.39 is 0 Å². The quantitative estimate of drug-likeness (QED) is 0.267. The fraction of sp³-hybridized carbons (Fsp3) is 0.679. The van der Waals surface area contributed by atoms with Gasteiger partial charge in [-0.15, -0.1) is 17.9 Å². The second kappa shape index (κ2) is 14.6. The van der Waals surface area contributed by atoms with Crippen LogP contribution in [0.15, 0.2) is 36.4 Å². The third-order valence-electron chi connectivity index (χ3n) is 6.85. The number of carbonyl (C=O) groups excluding carboxylic acids is 1. The highest BCUT2D eigenvalue weighted by Crippen LogP contribution is 2.38. The van der Waals surface area contributed by atoms with Crippen molar-refractivity contribution >= 4 is 23.0 Å². The van der Waals surface area contributed by atoms with Crippen molar-refractivity contribution in [1.82, 2.24) is 0 Å². The Morgan fingerprint density at radius 1 is 1.21 bits per heavy atom. The zero-order chi connectivity index (χ0) is 24.1. The van der Waals surface area contributed by atoms with E-state index in [1.54, 1.807) is 0 Å². The molecule has 2 aliphatic rings. The maximum Gasteiger partial charge on any atom is 0.350 e. The van der Waals surface area contributed by atoms with Crippen LogP contribution in [0.3, 0.4) is 0 Å². The lowest BCUT2D eigenvalue weighted by Crippen LogP contribution is -2.42. The SMILES string of the molecule is C=CC1(OCCC)CCC(N(/C=C\CC)c2ccsc2C(=O)OC)CC1.CC1CCCCC1. The Morgan fingerprint density at radius 3 is 2.42 bits per heavy atom. The van der Waals surface area contributed by atoms with Gasteiger partial charge in [-0.05, 0) is 55.9 Å². The molecule has 33 heavy (non-hydrogen) atoms. The molecule has 2 aliphatic carbocycles. The van der Waals surface area contributed by atoms with Gasteiger partial charge in [0.25, 0.3) is 0 Å². The van der Waals surface area contributed by atoms with Gasteiger partial charge in [0, 0.05) is 18.8 Å². The number of methoxy groups -OCH3 is 1. The molecule has 0 N–H and O–H groups in total. The number of anilines is 1. The van der Waals surface area contributed by atoms with E-state index >= 15 is 0 Å². The van der Waals surface area contributed by atoms with Gasteiger partial charge in [0.2, 0.25) is 0 Å². The Kier molecular flexibility index (Phi) is 12.3. The largest absolute Gasteiger partial charge is 0.465 e. The number of carbonyl (C=O) groups is 1. The minimum absolute atomic E-state index is 0.202. The molecule has 0 saturated heterocycles. The minimum atomic E-state index is -0.271. The van der Waals surface area contributed by atoms with Gasteiger partial charge in [0.05, 0.1) is 18.4 Å². The molecule has 0 radical (unpaired) electrons. The number of nitrogens with zero attached hydrogens (tertiary/aromatic N) is 1. The Hall–Kier alpha value is -1.59. The lowest BCUT2D eigenvalue weighted by molar-refractivity contribution is -0.0357. The summed E-state index contributed by atoms with van der Waals surface area (Å²) in [6.07, 6.45) is 19.6. The molecule has 1 aromatic rings. The highest BCUT2D eigenvalue weighted by Gasteiger charge is 2.36. The first kappa shape index (κ1) is 27.7. The van der Waals surface area contributed by atoms with Gasteiger partial charge < -0.3 is 14.4 Å². The molecular weight excluding hydrogens is 430 g/mol. The van der Waals surface area contributed by atoms with E-state index in [-0.39, 0.29) is 11.6 Å². The summed E-state index contributed by atoms with van der Waals surface area (Å²) in [6, 6.07) is 2.36. The van der Waals surface area contributed by atoms with Gasteiger partial charge in [-0.3, -0.25) is 0 Å². The number of ether oxygens (including phenoxy) is 2. The maximum absolute atomic E-state index is 12.1. The highest BCUT2D eigenvalue weighted by molar-refractivity contribution is 7.12. The average Bonchev–Trinajstić information content (AvgIpc) is 3.34. The van der Waals surface area contributed by atoms with Gasteiger partial charge >= 0.3 is 5.97 Å². The van der Waals surface area contributed by atoms with Crippen LogP contribution < -0.4 is 4.90 Å². The van der Waals surface area contributed by atoms with Gasteiger partial charge in [-0.2, -0.15) is 0 Å². The molecule has 3 rings (SSSR count). The Morgan fingerprint density at radius 2 is 1.91 bits per heavy atom. The molecule has 0 atom stereocenters. The van der Waals surface area contributed by atoms with Crippen molar-refractivity contribution in [2.75, 3.05) is 18.6 Å². The van der Waals surface area contributed by atoms with E-state index in [4.69, 9.17) is 9.47 Å². The molecule has 0 amide bonds. The van der Waals surface area contributed by atoms with Crippen LogP contribution in [0.5, 0.6) is 0 Å². The zero-order valence-corrected chi connectivity index (χ0v) is 22.1. The summed E-state index contributed by atoms with van der Waals surface area (Å²) in [5, 5.41) is 1.95. The molecule has 2 saturated carbocycles. The van der Waals surface area contributed by atoms with Gasteiger partial charge in [0.1, 0.15) is 4.88 Å². The van der Waals surface area contributed by atoms with E-state index in [1.807, 2.05) is 17.5 Å². The van der Waals surface area contributed by atoms with E-state index in [9.17, 15) is 4.79 Å². The Labute approximate surface area is 206 Å². The van der Waals surface area contributed by atoms with Gasteiger partial charge in [-0.1, -0.05) is 65.0 Å². The summed E-state index contributed by atoms with van der Waals surface area (Å²) < 4.78 is 11.1. The summed E-state index contributed by atoms with van der Waals surface area (Å²) in [5.74, 6) is 0.765. The molecule has 1 aromatic heterocycles. The fourth-order valence-electron chi connectivity index (χ4n) is 4.76. The third kappa shape index (κ3) is 8.29. The molecule has 0 unspecified atom stereocenters. The normalized spacial score (nSPS) is 23.6. The Balaban J connectivity index is 0.000000468. The van der Waals surface area contributed by atoms with Crippen LogP contribution in [0.1, 0.15) is 101 Å². The van der Waals surface area contributed by atoms with E-state index in [2.05, 4.69) is 44.5 Å². The van der Waals surface area contributed by atoms with Crippen molar-refractivity contribution in [3.05, 3.63) is 41.3 Å². The molecule has 0 aliphatic heterocycles. The number of thiophene rings is 1. The summed E-state index contributed by atoms with van der Waals surface area (Å²) in [6.45, 7) is 11.4. The summed E-state index contributed by atoms with van der Waals surface area (Å²) in [4.78, 5) is 15.0. The first-order chi connectivity index (χ1) is 16.0. The number of allylic oxidation sites excluding steroid dienone is 1. The molecular formula is C28H45NO3S. The number of hydrogen-bond donors (Lipinski definition) is 0. The van der Waals surface area contributed by atoms with Crippen LogP contribution >= 0.6 is 11.3 Å². The van der Waals surface area contributed by atoms with E-state index in [0.29, 0.717) is 10.9 Å². The zero-order valence-electron chi connectivity index (χ0n) is 21.3. The van der Waals surface area contributed by atoms with Crippen LogP contribution in [-0.2, 0) is 9.47 Å². The first-order valence-electron chi connectivity index (χ1n) is 12.9. The number of esters is 1. The topological polar surface area (TPSA) is 38.8 Å². The number of hydrogen-bond acceptors (Lipinski definition) is 5. The van der Waals surface area contributed by atoms with E-state index in [0.717, 1.165) is 56.7 Å². The Bertz CT molecular complexity index is 727. The van der Waals surface area contributed by atoms with Crippen molar-refractivity contribution in [3.8, 4) is 0 Å². The molecule has 1 heterocycles. The van der Waals surface area contributed by atoms with Crippen molar-refractivity contribution < 1.29 is 14.3 Å². The molecule has 0 spiro atoms. The molecule has 0 aromatic carbocycles. The first-order valence-corrected chi connectivity index (χ1v) is 13.8. The maximum atomic E-state index is 12.1. The fourth-order valence-corrected chi connectivity index (χ4v) is 5.56. The van der Waals surface area contributed by atoms with Crippen LogP contribution in [0, 0.1) is 5.92 Å². The van der Waals surface area contributed by atoms with Crippen molar-refractivity contribution in [2.45, 2.75) is 103 Å². The van der Waals surface area contributed by atoms with Gasteiger partial charge in [-0.25, -0.2) is 4.79 Å². The third-order valence-corrected chi connectivity index (χ3v) is 7.73. The molecule has 4 nitrogen and oxygen atoms in total. The predicted molar refractivity (Wildman–Crippen MR) is 141 cm³/mol. The summed E-state index contributed by atoms with van der Waals surface area (Å²) in [5.41, 5.74) is 0.740. The number of rotatable bonds is 9. The second-order valence-electron chi connectivity index (χ2n) is 9.42. The van der Waals surface area contributed by atoms with Gasteiger partial charge in [0.15, 0.2) is 0 Å². The molecule has 2 fully saturated rings. The van der Waals surface area contributed by atoms with Crippen LogP contribution in [-0.4, -0.2) is 31.3 Å². The lowest BCUT2D eigenvalue weighted by Gasteiger charge is -2.41. The highest BCUT2D eigenvalue weighted by atomic mass is 32.1. The second-order valence-corrected chi connectivity index (χ2v) is 10.3. The minimum Gasteiger partial charge on any atom is -0.465 e.